The molecule has 26 heavy (non-hydrogen) atoms. The van der Waals surface area contributed by atoms with E-state index in [0.717, 1.165) is 11.3 Å². The lowest BCUT2D eigenvalue weighted by molar-refractivity contribution is -0.124. The molecule has 1 aliphatic heterocycles. The molecular weight excluding hydrogens is 359 g/mol. The van der Waals surface area contributed by atoms with Crippen molar-refractivity contribution in [3.05, 3.63) is 47.0 Å². The fraction of sp³-hybridized carbons (Fsp3) is 0.353. The molecule has 7 nitrogen and oxygen atoms in total. The van der Waals surface area contributed by atoms with Crippen molar-refractivity contribution in [3.8, 4) is 5.69 Å². The molecule has 1 aromatic heterocycles. The third-order valence-corrected chi connectivity index (χ3v) is 6.16. The molecule has 3 rings (SSSR count). The van der Waals surface area contributed by atoms with Gasteiger partial charge in [0.05, 0.1) is 40.7 Å². The Morgan fingerprint density at radius 1 is 1.35 bits per heavy atom. The predicted molar refractivity (Wildman–Crippen MR) is 95.5 cm³/mol. The normalized spacial score (nSPS) is 19.1. The van der Waals surface area contributed by atoms with Gasteiger partial charge in [0, 0.05) is 5.56 Å². The molecule has 0 unspecified atom stereocenters. The monoisotopic (exact) mass is 378 g/mol. The first-order valence-electron chi connectivity index (χ1n) is 8.12. The van der Waals surface area contributed by atoms with E-state index in [1.807, 2.05) is 6.92 Å². The number of hydrazone groups is 1. The van der Waals surface area contributed by atoms with Crippen molar-refractivity contribution in [2.45, 2.75) is 20.3 Å². The molecule has 1 aromatic carbocycles. The van der Waals surface area contributed by atoms with Gasteiger partial charge in [-0.05, 0) is 44.5 Å². The number of hydrogen-bond acceptors (Lipinski definition) is 5. The Bertz CT molecular complexity index is 965. The van der Waals surface area contributed by atoms with Gasteiger partial charge in [0.25, 0.3) is 0 Å². The second-order valence-corrected chi connectivity index (χ2v) is 8.54. The zero-order valence-electron chi connectivity index (χ0n) is 14.4. The van der Waals surface area contributed by atoms with Crippen molar-refractivity contribution in [1.29, 1.82) is 0 Å². The first kappa shape index (κ1) is 18.2. The number of halogens is 1. The molecule has 0 aliphatic carbocycles. The lowest BCUT2D eigenvalue weighted by atomic mass is 10.1. The number of aryl methyl sites for hydroxylation is 1. The summed E-state index contributed by atoms with van der Waals surface area (Å²) in [6, 6.07) is 5.96. The van der Waals surface area contributed by atoms with E-state index in [9.17, 15) is 17.6 Å². The molecule has 2 heterocycles. The predicted octanol–water partition coefficient (Wildman–Crippen LogP) is 1.51. The van der Waals surface area contributed by atoms with Crippen LogP contribution in [0.4, 0.5) is 4.39 Å². The molecule has 1 saturated heterocycles. The molecule has 1 atom stereocenters. The van der Waals surface area contributed by atoms with Gasteiger partial charge in [-0.1, -0.05) is 0 Å². The van der Waals surface area contributed by atoms with Crippen LogP contribution in [-0.2, 0) is 14.6 Å². The number of nitrogens with zero attached hydrogens (tertiary/aromatic N) is 3. The molecular formula is C17H19FN4O3S. The summed E-state index contributed by atoms with van der Waals surface area (Å²) in [5, 5.41) is 8.36. The van der Waals surface area contributed by atoms with E-state index in [1.54, 1.807) is 23.7 Å². The van der Waals surface area contributed by atoms with Gasteiger partial charge in [0.15, 0.2) is 9.84 Å². The molecule has 1 fully saturated rings. The van der Waals surface area contributed by atoms with Crippen molar-refractivity contribution < 1.29 is 17.6 Å². The molecule has 0 spiro atoms. The molecule has 1 amide bonds. The van der Waals surface area contributed by atoms with E-state index >= 15 is 0 Å². The van der Waals surface area contributed by atoms with Crippen molar-refractivity contribution in [2.75, 3.05) is 11.5 Å². The molecule has 0 saturated carbocycles. The molecule has 1 aliphatic rings. The number of nitrogens with one attached hydrogen (secondary N) is 1. The highest BCUT2D eigenvalue weighted by Crippen LogP contribution is 2.19. The second-order valence-electron chi connectivity index (χ2n) is 6.31. The Hall–Kier alpha value is -2.55. The van der Waals surface area contributed by atoms with Gasteiger partial charge < -0.3 is 0 Å². The highest BCUT2D eigenvalue weighted by molar-refractivity contribution is 7.91. The van der Waals surface area contributed by atoms with E-state index in [2.05, 4.69) is 15.6 Å². The van der Waals surface area contributed by atoms with Gasteiger partial charge in [-0.25, -0.2) is 22.9 Å². The fourth-order valence-corrected chi connectivity index (χ4v) is 4.67. The number of carbonyl (C=O) groups is 1. The number of rotatable bonds is 4. The number of benzene rings is 1. The van der Waals surface area contributed by atoms with Crippen molar-refractivity contribution in [2.24, 2.45) is 11.0 Å². The minimum Gasteiger partial charge on any atom is -0.273 e. The lowest BCUT2D eigenvalue weighted by Crippen LogP contribution is -2.27. The maximum Gasteiger partial charge on any atom is 0.244 e. The smallest absolute Gasteiger partial charge is 0.244 e. The van der Waals surface area contributed by atoms with Crippen LogP contribution in [0.3, 0.4) is 0 Å². The Balaban J connectivity index is 1.73. The zero-order chi connectivity index (χ0) is 18.9. The Morgan fingerprint density at radius 3 is 2.65 bits per heavy atom. The van der Waals surface area contributed by atoms with Crippen LogP contribution in [0, 0.1) is 25.6 Å². The number of amides is 1. The first-order chi connectivity index (χ1) is 12.3. The van der Waals surface area contributed by atoms with E-state index in [1.165, 1.54) is 18.3 Å². The van der Waals surface area contributed by atoms with Crippen LogP contribution >= 0.6 is 0 Å². The van der Waals surface area contributed by atoms with Gasteiger partial charge >= 0.3 is 0 Å². The topological polar surface area (TPSA) is 93.4 Å². The molecule has 9 heteroatoms. The minimum absolute atomic E-state index is 0.0391. The molecule has 0 radical (unpaired) electrons. The molecule has 2 aromatic rings. The summed E-state index contributed by atoms with van der Waals surface area (Å²) >= 11 is 0. The quantitative estimate of drug-likeness (QED) is 0.645. The summed E-state index contributed by atoms with van der Waals surface area (Å²) in [4.78, 5) is 12.0. The van der Waals surface area contributed by atoms with Gasteiger partial charge in [-0.15, -0.1) is 0 Å². The minimum atomic E-state index is -3.11. The van der Waals surface area contributed by atoms with Crippen LogP contribution in [-0.4, -0.2) is 41.8 Å². The van der Waals surface area contributed by atoms with Crippen LogP contribution in [0.1, 0.15) is 23.4 Å². The Labute approximate surface area is 150 Å². The lowest BCUT2D eigenvalue weighted by Gasteiger charge is -2.05. The fourth-order valence-electron chi connectivity index (χ4n) is 2.93. The van der Waals surface area contributed by atoms with Crippen LogP contribution in [0.5, 0.6) is 0 Å². The zero-order valence-corrected chi connectivity index (χ0v) is 15.3. The maximum atomic E-state index is 13.1. The van der Waals surface area contributed by atoms with E-state index in [4.69, 9.17) is 0 Å². The van der Waals surface area contributed by atoms with E-state index in [-0.39, 0.29) is 17.3 Å². The first-order valence-corrected chi connectivity index (χ1v) is 9.94. The average molecular weight is 378 g/mol. The van der Waals surface area contributed by atoms with Crippen molar-refractivity contribution in [1.82, 2.24) is 15.2 Å². The van der Waals surface area contributed by atoms with Gasteiger partial charge in [0.2, 0.25) is 5.91 Å². The summed E-state index contributed by atoms with van der Waals surface area (Å²) < 4.78 is 37.6. The third kappa shape index (κ3) is 3.82. The molecule has 138 valence electrons. The standard InChI is InChI=1S/C17H19FN4O3S/c1-11-16(9-19-20-17(23)13-7-8-26(24,25)10-13)12(2)22(21-11)15-5-3-14(18)4-6-15/h3-6,9,13H,7-8,10H2,1-2H3,(H,20,23)/b19-9-/t13-/m1/s1. The largest absolute Gasteiger partial charge is 0.273 e. The third-order valence-electron chi connectivity index (χ3n) is 4.39. The summed E-state index contributed by atoms with van der Waals surface area (Å²) in [5.41, 5.74) is 5.34. The Morgan fingerprint density at radius 2 is 2.04 bits per heavy atom. The highest BCUT2D eigenvalue weighted by atomic mass is 32.2. The number of hydrogen-bond donors (Lipinski definition) is 1. The summed E-state index contributed by atoms with van der Waals surface area (Å²) in [6.07, 6.45) is 1.81. The van der Waals surface area contributed by atoms with Gasteiger partial charge in [0.1, 0.15) is 5.82 Å². The van der Waals surface area contributed by atoms with Crippen molar-refractivity contribution >= 4 is 22.0 Å². The van der Waals surface area contributed by atoms with Gasteiger partial charge in [-0.3, -0.25) is 4.79 Å². The van der Waals surface area contributed by atoms with Crippen LogP contribution < -0.4 is 5.43 Å². The summed E-state index contributed by atoms with van der Waals surface area (Å²) in [7, 11) is -3.11. The van der Waals surface area contributed by atoms with E-state index in [0.29, 0.717) is 17.8 Å². The molecule has 1 N–H and O–H groups in total. The Kier molecular flexibility index (Phi) is 4.90. The van der Waals surface area contributed by atoms with Gasteiger partial charge in [-0.2, -0.15) is 10.2 Å². The number of sulfone groups is 1. The number of aromatic nitrogens is 2. The van der Waals surface area contributed by atoms with Crippen LogP contribution in [0.2, 0.25) is 0 Å². The highest BCUT2D eigenvalue weighted by Gasteiger charge is 2.32. The second kappa shape index (κ2) is 6.99. The van der Waals surface area contributed by atoms with Crippen LogP contribution in [0.15, 0.2) is 29.4 Å². The average Bonchev–Trinajstić information content (AvgIpc) is 3.09. The molecule has 0 bridgehead atoms. The van der Waals surface area contributed by atoms with E-state index < -0.39 is 21.7 Å². The summed E-state index contributed by atoms with van der Waals surface area (Å²) in [5.74, 6) is -1.37. The SMILES string of the molecule is Cc1nn(-c2ccc(F)cc2)c(C)c1/C=N\NC(=O)[C@@H]1CCS(=O)(=O)C1. The van der Waals surface area contributed by atoms with Crippen molar-refractivity contribution in [3.63, 3.8) is 0 Å². The summed E-state index contributed by atoms with van der Waals surface area (Å²) in [6.45, 7) is 3.65. The van der Waals surface area contributed by atoms with Crippen LogP contribution in [0.25, 0.3) is 5.69 Å². The maximum absolute atomic E-state index is 13.1. The number of carbonyl (C=O) groups excluding carboxylic acids is 1.